The maximum atomic E-state index is 13.8. The molecular formula is C31H35FN6O2S. The van der Waals surface area contributed by atoms with Crippen molar-refractivity contribution < 1.29 is 13.9 Å². The molecule has 0 N–H and O–H groups in total. The third-order valence-electron chi connectivity index (χ3n) is 8.66. The molecule has 0 radical (unpaired) electrons. The van der Waals surface area contributed by atoms with Crippen molar-refractivity contribution in [2.75, 3.05) is 56.2 Å². The summed E-state index contributed by atoms with van der Waals surface area (Å²) in [7, 11) is 2.14. The van der Waals surface area contributed by atoms with Crippen LogP contribution in [0, 0.1) is 11.3 Å². The topological polar surface area (TPSA) is 75.9 Å². The van der Waals surface area contributed by atoms with E-state index in [9.17, 15) is 14.4 Å². The Bertz CT molecular complexity index is 1500. The van der Waals surface area contributed by atoms with E-state index in [1.54, 1.807) is 11.3 Å². The molecule has 214 valence electrons. The second-order valence-corrected chi connectivity index (χ2v) is 12.1. The Balaban J connectivity index is 1.32. The number of thiophene rings is 1. The van der Waals surface area contributed by atoms with Gasteiger partial charge in [-0.3, -0.25) is 4.79 Å². The number of amides is 1. The van der Waals surface area contributed by atoms with Crippen LogP contribution >= 0.6 is 11.3 Å². The maximum Gasteiger partial charge on any atom is 0.282 e. The first-order valence-electron chi connectivity index (χ1n) is 14.3. The van der Waals surface area contributed by atoms with Gasteiger partial charge in [-0.2, -0.15) is 10.2 Å². The molecule has 0 unspecified atom stereocenters. The number of halogens is 1. The number of hydrogen-bond acceptors (Lipinski definition) is 8. The molecule has 10 heteroatoms. The Morgan fingerprint density at radius 2 is 2.10 bits per heavy atom. The second kappa shape index (κ2) is 11.7. The third-order valence-corrected chi connectivity index (χ3v) is 9.61. The molecule has 3 aromatic rings. The van der Waals surface area contributed by atoms with Crippen molar-refractivity contribution in [3.8, 4) is 11.9 Å². The zero-order chi connectivity index (χ0) is 28.5. The smallest absolute Gasteiger partial charge is 0.282 e. The molecule has 2 fully saturated rings. The number of fused-ring (bicyclic) bond motifs is 2. The summed E-state index contributed by atoms with van der Waals surface area (Å²) >= 11 is 1.77. The van der Waals surface area contributed by atoms with Gasteiger partial charge in [0, 0.05) is 50.4 Å². The molecule has 1 amide bonds. The Morgan fingerprint density at radius 1 is 1.22 bits per heavy atom. The second-order valence-electron chi connectivity index (χ2n) is 11.2. The van der Waals surface area contributed by atoms with E-state index < -0.39 is 17.8 Å². The van der Waals surface area contributed by atoms with Gasteiger partial charge in [-0.1, -0.05) is 18.7 Å². The fourth-order valence-electron chi connectivity index (χ4n) is 6.42. The first-order chi connectivity index (χ1) is 19.9. The first kappa shape index (κ1) is 27.5. The highest BCUT2D eigenvalue weighted by Gasteiger charge is 2.34. The zero-order valence-corrected chi connectivity index (χ0v) is 24.2. The highest BCUT2D eigenvalue weighted by atomic mass is 32.1. The molecule has 0 aliphatic carbocycles. The summed E-state index contributed by atoms with van der Waals surface area (Å²) in [5, 5.41) is 12.9. The molecule has 3 aliphatic rings. The van der Waals surface area contributed by atoms with Crippen molar-refractivity contribution in [1.29, 1.82) is 5.26 Å². The lowest BCUT2D eigenvalue weighted by Gasteiger charge is -2.42. The van der Waals surface area contributed by atoms with Crippen molar-refractivity contribution in [3.05, 3.63) is 59.2 Å². The van der Waals surface area contributed by atoms with Crippen LogP contribution in [0.3, 0.4) is 0 Å². The number of ether oxygens (including phenoxy) is 1. The molecule has 0 spiro atoms. The van der Waals surface area contributed by atoms with Gasteiger partial charge in [0.2, 0.25) is 5.88 Å². The van der Waals surface area contributed by atoms with Crippen LogP contribution < -0.4 is 14.5 Å². The molecule has 2 aromatic heterocycles. The monoisotopic (exact) mass is 574 g/mol. The molecule has 0 saturated carbocycles. The van der Waals surface area contributed by atoms with Gasteiger partial charge in [-0.05, 0) is 61.3 Å². The van der Waals surface area contributed by atoms with E-state index in [2.05, 4.69) is 70.1 Å². The summed E-state index contributed by atoms with van der Waals surface area (Å²) in [4.78, 5) is 25.9. The summed E-state index contributed by atoms with van der Waals surface area (Å²) in [5.41, 5.74) is 3.59. The number of likely N-dealkylation sites (tertiary alicyclic amines) is 1. The van der Waals surface area contributed by atoms with Crippen LogP contribution in [-0.2, 0) is 17.8 Å². The largest absolute Gasteiger partial charge is 0.476 e. The summed E-state index contributed by atoms with van der Waals surface area (Å²) in [5.74, 6) is -0.288. The molecule has 2 saturated heterocycles. The van der Waals surface area contributed by atoms with E-state index in [1.807, 2.05) is 0 Å². The van der Waals surface area contributed by atoms with Gasteiger partial charge in [0.25, 0.3) is 5.91 Å². The minimum absolute atomic E-state index is 0.112. The van der Waals surface area contributed by atoms with Crippen LogP contribution in [0.25, 0.3) is 10.1 Å². The molecule has 8 nitrogen and oxygen atoms in total. The van der Waals surface area contributed by atoms with Crippen molar-refractivity contribution in [2.24, 2.45) is 0 Å². The summed E-state index contributed by atoms with van der Waals surface area (Å²) in [6, 6.07) is 12.8. The summed E-state index contributed by atoms with van der Waals surface area (Å²) in [6.45, 7) is 7.64. The van der Waals surface area contributed by atoms with E-state index in [-0.39, 0.29) is 6.42 Å². The predicted octanol–water partition coefficient (Wildman–Crippen LogP) is 4.75. The summed E-state index contributed by atoms with van der Waals surface area (Å²) in [6.07, 6.45) is 3.21. The predicted molar refractivity (Wildman–Crippen MR) is 160 cm³/mol. The van der Waals surface area contributed by atoms with Gasteiger partial charge in [0.15, 0.2) is 5.83 Å². The molecule has 5 heterocycles. The molecule has 0 bridgehead atoms. The van der Waals surface area contributed by atoms with Gasteiger partial charge in [-0.25, -0.2) is 4.39 Å². The molecule has 41 heavy (non-hydrogen) atoms. The maximum absolute atomic E-state index is 13.8. The number of anilines is 2. The number of piperazine rings is 1. The number of aromatic nitrogens is 1. The van der Waals surface area contributed by atoms with Gasteiger partial charge in [0.05, 0.1) is 28.9 Å². The van der Waals surface area contributed by atoms with Gasteiger partial charge < -0.3 is 24.3 Å². The molecule has 3 aliphatic heterocycles. The SMILES string of the molecule is C=C(F)C(=O)N1CCN(c2nc(OC[C@@H]3CCCN3C)cc3c2CCN(c2cccc4ccsc24)C3)C[C@@H]1CC#N. The van der Waals surface area contributed by atoms with E-state index in [1.165, 1.54) is 38.2 Å². The number of benzene rings is 1. The number of likely N-dealkylation sites (N-methyl/N-ethyl adjacent to an activating group) is 1. The quantitative estimate of drug-likeness (QED) is 0.377. The van der Waals surface area contributed by atoms with Crippen LogP contribution in [0.4, 0.5) is 15.9 Å². The minimum atomic E-state index is -0.995. The van der Waals surface area contributed by atoms with Gasteiger partial charge in [0.1, 0.15) is 12.4 Å². The average Bonchev–Trinajstić information content (AvgIpc) is 3.63. The fraction of sp³-hybridized carbons (Fsp3) is 0.452. The molecule has 2 atom stereocenters. The van der Waals surface area contributed by atoms with Crippen LogP contribution in [-0.4, -0.2) is 79.2 Å². The van der Waals surface area contributed by atoms with Crippen molar-refractivity contribution in [2.45, 2.75) is 44.3 Å². The van der Waals surface area contributed by atoms with Crippen molar-refractivity contribution >= 4 is 38.8 Å². The Labute approximate surface area is 244 Å². The minimum Gasteiger partial charge on any atom is -0.476 e. The highest BCUT2D eigenvalue weighted by Crippen LogP contribution is 2.37. The van der Waals surface area contributed by atoms with Gasteiger partial charge in [-0.15, -0.1) is 11.3 Å². The number of carbonyl (C=O) groups is 1. The first-order valence-corrected chi connectivity index (χ1v) is 15.1. The number of carbonyl (C=O) groups excluding carboxylic acids is 1. The fourth-order valence-corrected chi connectivity index (χ4v) is 7.36. The lowest BCUT2D eigenvalue weighted by Crippen LogP contribution is -2.55. The molecule has 1 aromatic carbocycles. The summed E-state index contributed by atoms with van der Waals surface area (Å²) < 4.78 is 21.4. The number of nitrogens with zero attached hydrogens (tertiary/aromatic N) is 6. The Kier molecular flexibility index (Phi) is 7.82. The Hall–Kier alpha value is -3.68. The van der Waals surface area contributed by atoms with Crippen LogP contribution in [0.5, 0.6) is 5.88 Å². The van der Waals surface area contributed by atoms with Crippen LogP contribution in [0.15, 0.2) is 48.1 Å². The van der Waals surface area contributed by atoms with E-state index in [4.69, 9.17) is 9.72 Å². The van der Waals surface area contributed by atoms with Crippen molar-refractivity contribution in [3.63, 3.8) is 0 Å². The standard InChI is InChI=1S/C31H35FN6O2S/c1-21(32)31(39)38-15-14-37(19-24(38)8-11-33)30-26-9-13-36(27-7-3-5-22-10-16-41-29(22)27)18-23(26)17-28(34-30)40-20-25-6-4-12-35(25)2/h3,5,7,10,16-17,24-25H,1,4,6,8-9,12-15,18-20H2,2H3/t24-,25-/m0/s1. The third kappa shape index (κ3) is 5.48. The van der Waals surface area contributed by atoms with E-state index in [0.29, 0.717) is 38.2 Å². The van der Waals surface area contributed by atoms with Crippen LogP contribution in [0.1, 0.15) is 30.4 Å². The molecular weight excluding hydrogens is 539 g/mol. The zero-order valence-electron chi connectivity index (χ0n) is 23.4. The lowest BCUT2D eigenvalue weighted by molar-refractivity contribution is -0.131. The van der Waals surface area contributed by atoms with E-state index in [0.717, 1.165) is 38.3 Å². The molecule has 6 rings (SSSR count). The number of hydrogen-bond donors (Lipinski definition) is 0. The normalized spacial score (nSPS) is 21.1. The number of pyridine rings is 1. The number of nitriles is 1. The van der Waals surface area contributed by atoms with E-state index >= 15 is 0 Å². The Morgan fingerprint density at radius 3 is 2.88 bits per heavy atom. The number of rotatable bonds is 7. The lowest BCUT2D eigenvalue weighted by atomic mass is 9.98. The van der Waals surface area contributed by atoms with Gasteiger partial charge >= 0.3 is 0 Å². The average molecular weight is 575 g/mol. The highest BCUT2D eigenvalue weighted by molar-refractivity contribution is 7.17. The van der Waals surface area contributed by atoms with Crippen LogP contribution in [0.2, 0.25) is 0 Å². The van der Waals surface area contributed by atoms with Crippen molar-refractivity contribution in [1.82, 2.24) is 14.8 Å².